The lowest BCUT2D eigenvalue weighted by atomic mass is 10.2. The Kier molecular flexibility index (Phi) is 7.36. The third-order valence-electron chi connectivity index (χ3n) is 4.08. The molecule has 2 aromatic rings. The van der Waals surface area contributed by atoms with E-state index in [0.717, 1.165) is 29.4 Å². The highest BCUT2D eigenvalue weighted by molar-refractivity contribution is 7.99. The van der Waals surface area contributed by atoms with Gasteiger partial charge >= 0.3 is 0 Å². The molecule has 1 aromatic heterocycles. The summed E-state index contributed by atoms with van der Waals surface area (Å²) < 4.78 is 11.2. The van der Waals surface area contributed by atoms with Gasteiger partial charge in [0.1, 0.15) is 11.5 Å². The number of ether oxygens (including phenoxy) is 2. The van der Waals surface area contributed by atoms with Gasteiger partial charge in [0.15, 0.2) is 0 Å². The number of amides is 1. The van der Waals surface area contributed by atoms with Gasteiger partial charge in [0.25, 0.3) is 0 Å². The smallest absolute Gasteiger partial charge is 0.221 e. The van der Waals surface area contributed by atoms with Crippen LogP contribution in [0.5, 0.6) is 17.4 Å². The van der Waals surface area contributed by atoms with Crippen molar-refractivity contribution in [2.75, 3.05) is 24.7 Å². The Balaban J connectivity index is 1.50. The lowest BCUT2D eigenvalue weighted by Crippen LogP contribution is -2.41. The van der Waals surface area contributed by atoms with E-state index in [-0.39, 0.29) is 11.9 Å². The summed E-state index contributed by atoms with van der Waals surface area (Å²) in [4.78, 5) is 16.4. The Morgan fingerprint density at radius 3 is 2.85 bits per heavy atom. The topological polar surface area (TPSA) is 72.5 Å². The molecule has 7 heteroatoms. The van der Waals surface area contributed by atoms with Crippen molar-refractivity contribution in [1.29, 1.82) is 0 Å². The first-order valence-corrected chi connectivity index (χ1v) is 10.3. The fourth-order valence-corrected chi connectivity index (χ4v) is 3.70. The van der Waals surface area contributed by atoms with E-state index >= 15 is 0 Å². The van der Waals surface area contributed by atoms with E-state index in [1.165, 1.54) is 0 Å². The highest BCUT2D eigenvalue weighted by Crippen LogP contribution is 2.23. The molecule has 0 saturated carbocycles. The second kappa shape index (κ2) is 10.2. The Morgan fingerprint density at radius 2 is 2.11 bits per heavy atom. The molecule has 2 N–H and O–H groups in total. The zero-order chi connectivity index (χ0) is 18.9. The lowest BCUT2D eigenvalue weighted by Gasteiger charge is -2.22. The fourth-order valence-electron chi connectivity index (χ4n) is 2.75. The largest absolute Gasteiger partial charge is 0.494 e. The monoisotopic (exact) mass is 387 g/mol. The first-order valence-electron chi connectivity index (χ1n) is 9.16. The van der Waals surface area contributed by atoms with Gasteiger partial charge in [-0.3, -0.25) is 4.79 Å². The molecule has 0 aliphatic carbocycles. The molecule has 1 amide bonds. The first-order chi connectivity index (χ1) is 13.2. The summed E-state index contributed by atoms with van der Waals surface area (Å²) in [5.74, 6) is 4.15. The summed E-state index contributed by atoms with van der Waals surface area (Å²) in [5.41, 5.74) is 0.949. The van der Waals surface area contributed by atoms with Crippen LogP contribution in [0.3, 0.4) is 0 Å². The average Bonchev–Trinajstić information content (AvgIpc) is 2.69. The van der Waals surface area contributed by atoms with Crippen LogP contribution in [0.2, 0.25) is 0 Å². The highest BCUT2D eigenvalue weighted by Gasteiger charge is 2.16. The molecular weight excluding hydrogens is 362 g/mol. The zero-order valence-electron chi connectivity index (χ0n) is 15.4. The molecule has 3 rings (SSSR count). The van der Waals surface area contributed by atoms with Crippen molar-refractivity contribution < 1.29 is 14.3 Å². The highest BCUT2D eigenvalue weighted by atomic mass is 32.2. The van der Waals surface area contributed by atoms with E-state index in [1.807, 2.05) is 55.1 Å². The molecule has 0 spiro atoms. The van der Waals surface area contributed by atoms with Crippen LogP contribution in [0.1, 0.15) is 18.9 Å². The number of benzene rings is 1. The maximum atomic E-state index is 12.1. The van der Waals surface area contributed by atoms with E-state index < -0.39 is 0 Å². The van der Waals surface area contributed by atoms with Gasteiger partial charge in [-0.25, -0.2) is 4.98 Å². The Labute approximate surface area is 164 Å². The van der Waals surface area contributed by atoms with E-state index in [1.54, 1.807) is 6.20 Å². The van der Waals surface area contributed by atoms with Crippen molar-refractivity contribution in [1.82, 2.24) is 15.6 Å². The van der Waals surface area contributed by atoms with E-state index in [0.29, 0.717) is 31.2 Å². The number of nitrogens with one attached hydrogen (secondary N) is 2. The first kappa shape index (κ1) is 19.5. The van der Waals surface area contributed by atoms with Crippen LogP contribution >= 0.6 is 11.8 Å². The molecule has 2 heterocycles. The number of carbonyl (C=O) groups excluding carboxylic acids is 1. The number of thioether (sulfide) groups is 1. The minimum absolute atomic E-state index is 0.0563. The maximum Gasteiger partial charge on any atom is 0.221 e. The third kappa shape index (κ3) is 6.45. The quantitative estimate of drug-likeness (QED) is 0.726. The van der Waals surface area contributed by atoms with Crippen LogP contribution in [0, 0.1) is 0 Å². The summed E-state index contributed by atoms with van der Waals surface area (Å²) in [7, 11) is 0. The van der Waals surface area contributed by atoms with Crippen LogP contribution in [0.15, 0.2) is 42.6 Å². The standard InChI is InChI=1S/C20H25N3O3S/c1-2-25-17-3-5-18(6-4-17)26-20-11-15(7-8-22-20)13-23-19(24)12-16-14-27-10-9-21-16/h3-8,11,16,21H,2,9-10,12-14H2,1H3,(H,23,24). The van der Waals surface area contributed by atoms with Crippen molar-refractivity contribution >= 4 is 17.7 Å². The Bertz CT molecular complexity index is 734. The molecule has 27 heavy (non-hydrogen) atoms. The molecule has 0 radical (unpaired) electrons. The van der Waals surface area contributed by atoms with Gasteiger partial charge in [-0.05, 0) is 42.8 Å². The van der Waals surface area contributed by atoms with Crippen molar-refractivity contribution in [3.05, 3.63) is 48.2 Å². The molecular formula is C20H25N3O3S. The number of nitrogens with zero attached hydrogens (tertiary/aromatic N) is 1. The van der Waals surface area contributed by atoms with Crippen LogP contribution in [-0.2, 0) is 11.3 Å². The lowest BCUT2D eigenvalue weighted by molar-refractivity contribution is -0.121. The van der Waals surface area contributed by atoms with Gasteiger partial charge in [-0.2, -0.15) is 11.8 Å². The molecule has 1 aromatic carbocycles. The van der Waals surface area contributed by atoms with Gasteiger partial charge in [0.2, 0.25) is 11.8 Å². The van der Waals surface area contributed by atoms with Crippen molar-refractivity contribution in [2.24, 2.45) is 0 Å². The van der Waals surface area contributed by atoms with Gasteiger partial charge in [0, 0.05) is 49.3 Å². The second-order valence-electron chi connectivity index (χ2n) is 6.22. The summed E-state index contributed by atoms with van der Waals surface area (Å²) in [6.07, 6.45) is 2.19. The molecule has 1 fully saturated rings. The zero-order valence-corrected chi connectivity index (χ0v) is 16.3. The molecule has 1 aliphatic rings. The minimum atomic E-state index is 0.0563. The summed E-state index contributed by atoms with van der Waals surface area (Å²) in [6, 6.07) is 11.4. The molecule has 0 bridgehead atoms. The van der Waals surface area contributed by atoms with E-state index in [9.17, 15) is 4.79 Å². The van der Waals surface area contributed by atoms with Crippen LogP contribution in [0.4, 0.5) is 0 Å². The van der Waals surface area contributed by atoms with Crippen molar-refractivity contribution in [3.63, 3.8) is 0 Å². The molecule has 144 valence electrons. The van der Waals surface area contributed by atoms with Gasteiger partial charge in [-0.15, -0.1) is 0 Å². The molecule has 1 atom stereocenters. The normalized spacial score (nSPS) is 16.6. The average molecular weight is 388 g/mol. The van der Waals surface area contributed by atoms with Crippen LogP contribution in [0.25, 0.3) is 0 Å². The second-order valence-corrected chi connectivity index (χ2v) is 7.37. The summed E-state index contributed by atoms with van der Waals surface area (Å²) >= 11 is 1.89. The fraction of sp³-hybridized carbons (Fsp3) is 0.400. The number of hydrogen-bond donors (Lipinski definition) is 2. The minimum Gasteiger partial charge on any atom is -0.494 e. The van der Waals surface area contributed by atoms with Crippen LogP contribution < -0.4 is 20.1 Å². The van der Waals surface area contributed by atoms with Gasteiger partial charge < -0.3 is 20.1 Å². The molecule has 1 aliphatic heterocycles. The molecule has 6 nitrogen and oxygen atoms in total. The molecule has 1 saturated heterocycles. The Morgan fingerprint density at radius 1 is 1.30 bits per heavy atom. The van der Waals surface area contributed by atoms with Gasteiger partial charge in [0.05, 0.1) is 6.61 Å². The third-order valence-corrected chi connectivity index (χ3v) is 5.21. The maximum absolute atomic E-state index is 12.1. The Hall–Kier alpha value is -2.25. The van der Waals surface area contributed by atoms with Crippen molar-refractivity contribution in [2.45, 2.75) is 25.9 Å². The van der Waals surface area contributed by atoms with E-state index in [2.05, 4.69) is 15.6 Å². The predicted molar refractivity (Wildman–Crippen MR) is 108 cm³/mol. The number of pyridine rings is 1. The number of carbonyl (C=O) groups is 1. The number of hydrogen-bond acceptors (Lipinski definition) is 6. The number of rotatable bonds is 8. The summed E-state index contributed by atoms with van der Waals surface area (Å²) in [6.45, 7) is 4.01. The summed E-state index contributed by atoms with van der Waals surface area (Å²) in [5, 5.41) is 6.35. The SMILES string of the molecule is CCOc1ccc(Oc2cc(CNC(=O)CC3CSCCN3)ccn2)cc1. The number of aromatic nitrogens is 1. The van der Waals surface area contributed by atoms with Gasteiger partial charge in [-0.1, -0.05) is 0 Å². The predicted octanol–water partition coefficient (Wildman–Crippen LogP) is 2.98. The molecule has 1 unspecified atom stereocenters. The van der Waals surface area contributed by atoms with Crippen molar-refractivity contribution in [3.8, 4) is 17.4 Å². The van der Waals surface area contributed by atoms with E-state index in [4.69, 9.17) is 9.47 Å². The van der Waals surface area contributed by atoms with Crippen LogP contribution in [-0.4, -0.2) is 41.6 Å².